The van der Waals surface area contributed by atoms with Crippen LogP contribution in [-0.2, 0) is 22.3 Å². The van der Waals surface area contributed by atoms with Gasteiger partial charge in [-0.25, -0.2) is 4.79 Å². The molecule has 1 N–H and O–H groups in total. The first-order valence-corrected chi connectivity index (χ1v) is 10.5. The van der Waals surface area contributed by atoms with Crippen molar-refractivity contribution < 1.29 is 32.2 Å². The predicted molar refractivity (Wildman–Crippen MR) is 117 cm³/mol. The van der Waals surface area contributed by atoms with E-state index in [-0.39, 0.29) is 17.2 Å². The van der Waals surface area contributed by atoms with Crippen LogP contribution in [0, 0.1) is 0 Å². The SMILES string of the molecule is CCOC(=O)c1c(-c2ccc(OC)cc2)csc1NC(=O)Cn1cccc(C(F)(F)F)c1=O. The number of alkyl halides is 3. The Bertz CT molecular complexity index is 1220. The van der Waals surface area contributed by atoms with E-state index in [0.717, 1.165) is 23.6 Å². The third-order valence-electron chi connectivity index (χ3n) is 4.56. The van der Waals surface area contributed by atoms with Gasteiger partial charge in [0.15, 0.2) is 0 Å². The van der Waals surface area contributed by atoms with Gasteiger partial charge >= 0.3 is 12.1 Å². The van der Waals surface area contributed by atoms with Gasteiger partial charge in [0, 0.05) is 17.1 Å². The number of nitrogens with zero attached hydrogens (tertiary/aromatic N) is 1. The number of halogens is 3. The second kappa shape index (κ2) is 9.90. The lowest BCUT2D eigenvalue weighted by molar-refractivity contribution is -0.139. The smallest absolute Gasteiger partial charge is 0.421 e. The fourth-order valence-electron chi connectivity index (χ4n) is 3.04. The van der Waals surface area contributed by atoms with Crippen LogP contribution in [0.3, 0.4) is 0 Å². The zero-order chi connectivity index (χ0) is 24.2. The maximum atomic E-state index is 13.0. The van der Waals surface area contributed by atoms with Gasteiger partial charge in [-0.3, -0.25) is 9.59 Å². The van der Waals surface area contributed by atoms with Crippen molar-refractivity contribution in [3.63, 3.8) is 0 Å². The molecule has 7 nitrogen and oxygen atoms in total. The highest BCUT2D eigenvalue weighted by molar-refractivity contribution is 7.15. The van der Waals surface area contributed by atoms with E-state index in [2.05, 4.69) is 5.32 Å². The van der Waals surface area contributed by atoms with E-state index in [9.17, 15) is 27.6 Å². The Labute approximate surface area is 190 Å². The Hall–Kier alpha value is -3.60. The lowest BCUT2D eigenvalue weighted by Crippen LogP contribution is -2.32. The molecular weight excluding hydrogens is 461 g/mol. The van der Waals surface area contributed by atoms with Crippen molar-refractivity contribution in [2.75, 3.05) is 19.0 Å². The molecule has 2 aromatic heterocycles. The summed E-state index contributed by atoms with van der Waals surface area (Å²) in [7, 11) is 1.52. The lowest BCUT2D eigenvalue weighted by Gasteiger charge is -2.11. The van der Waals surface area contributed by atoms with Crippen LogP contribution in [0.15, 0.2) is 52.8 Å². The lowest BCUT2D eigenvalue weighted by atomic mass is 10.0. The molecule has 1 aromatic carbocycles. The molecule has 0 aliphatic heterocycles. The fraction of sp³-hybridized carbons (Fsp3) is 0.227. The number of carbonyl (C=O) groups is 2. The molecule has 11 heteroatoms. The quantitative estimate of drug-likeness (QED) is 0.506. The van der Waals surface area contributed by atoms with Crippen molar-refractivity contribution >= 4 is 28.2 Å². The Morgan fingerprint density at radius 1 is 1.15 bits per heavy atom. The average Bonchev–Trinajstić information content (AvgIpc) is 3.18. The van der Waals surface area contributed by atoms with E-state index in [0.29, 0.717) is 27.5 Å². The predicted octanol–water partition coefficient (Wildman–Crippen LogP) is 4.42. The van der Waals surface area contributed by atoms with Crippen LogP contribution >= 0.6 is 11.3 Å². The van der Waals surface area contributed by atoms with Crippen LogP contribution < -0.4 is 15.6 Å². The summed E-state index contributed by atoms with van der Waals surface area (Å²) in [5.74, 6) is -0.826. The number of ether oxygens (including phenoxy) is 2. The second-order valence-corrected chi connectivity index (χ2v) is 7.58. The van der Waals surface area contributed by atoms with Crippen LogP contribution in [-0.4, -0.2) is 30.2 Å². The maximum Gasteiger partial charge on any atom is 0.421 e. The first-order valence-electron chi connectivity index (χ1n) is 9.65. The van der Waals surface area contributed by atoms with Crippen molar-refractivity contribution in [3.05, 3.63) is 69.5 Å². The monoisotopic (exact) mass is 480 g/mol. The maximum absolute atomic E-state index is 13.0. The molecule has 0 radical (unpaired) electrons. The van der Waals surface area contributed by atoms with Crippen molar-refractivity contribution in [2.45, 2.75) is 19.6 Å². The Balaban J connectivity index is 1.90. The van der Waals surface area contributed by atoms with Gasteiger partial charge in [0.2, 0.25) is 5.91 Å². The van der Waals surface area contributed by atoms with E-state index in [1.54, 1.807) is 36.6 Å². The molecule has 0 aliphatic rings. The average molecular weight is 480 g/mol. The van der Waals surface area contributed by atoms with Gasteiger partial charge in [-0.15, -0.1) is 11.3 Å². The molecule has 2 heterocycles. The summed E-state index contributed by atoms with van der Waals surface area (Å²) in [6, 6.07) is 8.57. The number of esters is 1. The van der Waals surface area contributed by atoms with Gasteiger partial charge in [-0.2, -0.15) is 13.2 Å². The number of aromatic nitrogens is 1. The standard InChI is InChI=1S/C22H19F3N2O5S/c1-3-32-21(30)18-15(13-6-8-14(31-2)9-7-13)12-33-19(18)26-17(28)11-27-10-4-5-16(20(27)29)22(23,24)25/h4-10,12H,3,11H2,1-2H3,(H,26,28). The van der Waals surface area contributed by atoms with Crippen LogP contribution in [0.2, 0.25) is 0 Å². The number of rotatable bonds is 7. The first kappa shape index (κ1) is 24.1. The summed E-state index contributed by atoms with van der Waals surface area (Å²) in [6.45, 7) is 1.07. The van der Waals surface area contributed by atoms with Gasteiger partial charge in [-0.1, -0.05) is 12.1 Å². The largest absolute Gasteiger partial charge is 0.497 e. The van der Waals surface area contributed by atoms with Gasteiger partial charge in [-0.05, 0) is 36.8 Å². The third-order valence-corrected chi connectivity index (χ3v) is 5.46. The van der Waals surface area contributed by atoms with Crippen molar-refractivity contribution in [1.29, 1.82) is 0 Å². The van der Waals surface area contributed by atoms with Crippen molar-refractivity contribution in [3.8, 4) is 16.9 Å². The molecule has 33 heavy (non-hydrogen) atoms. The molecule has 174 valence electrons. The third kappa shape index (κ3) is 5.43. The van der Waals surface area contributed by atoms with Crippen molar-refractivity contribution in [1.82, 2.24) is 4.57 Å². The van der Waals surface area contributed by atoms with E-state index in [1.165, 1.54) is 7.11 Å². The Morgan fingerprint density at radius 2 is 1.85 bits per heavy atom. The molecule has 0 fully saturated rings. The Morgan fingerprint density at radius 3 is 2.45 bits per heavy atom. The van der Waals surface area contributed by atoms with E-state index < -0.39 is 35.7 Å². The summed E-state index contributed by atoms with van der Waals surface area (Å²) in [6.07, 6.45) is -3.75. The number of hydrogen-bond acceptors (Lipinski definition) is 6. The zero-order valence-corrected chi connectivity index (χ0v) is 18.4. The number of amides is 1. The van der Waals surface area contributed by atoms with Crippen molar-refractivity contribution in [2.24, 2.45) is 0 Å². The minimum atomic E-state index is -4.84. The summed E-state index contributed by atoms with van der Waals surface area (Å²) in [5, 5.41) is 4.32. The number of benzene rings is 1. The fourth-order valence-corrected chi connectivity index (χ4v) is 4.01. The molecular formula is C22H19F3N2O5S. The summed E-state index contributed by atoms with van der Waals surface area (Å²) >= 11 is 1.05. The minimum absolute atomic E-state index is 0.101. The van der Waals surface area contributed by atoms with E-state index in [1.807, 2.05) is 0 Å². The number of methoxy groups -OCH3 is 1. The van der Waals surface area contributed by atoms with Crippen LogP contribution in [0.1, 0.15) is 22.8 Å². The molecule has 0 saturated heterocycles. The number of anilines is 1. The normalized spacial score (nSPS) is 11.2. The topological polar surface area (TPSA) is 86.6 Å². The second-order valence-electron chi connectivity index (χ2n) is 6.70. The zero-order valence-electron chi connectivity index (χ0n) is 17.6. The molecule has 0 spiro atoms. The van der Waals surface area contributed by atoms with Crippen LogP contribution in [0.5, 0.6) is 5.75 Å². The minimum Gasteiger partial charge on any atom is -0.497 e. The molecule has 0 atom stereocenters. The Kier molecular flexibility index (Phi) is 7.22. The number of thiophene rings is 1. The van der Waals surface area contributed by atoms with Gasteiger partial charge in [0.25, 0.3) is 5.56 Å². The molecule has 0 bridgehead atoms. The summed E-state index contributed by atoms with van der Waals surface area (Å²) in [4.78, 5) is 37.3. The number of carbonyl (C=O) groups excluding carboxylic acids is 2. The summed E-state index contributed by atoms with van der Waals surface area (Å²) in [5.41, 5.74) is -1.42. The highest BCUT2D eigenvalue weighted by Crippen LogP contribution is 2.37. The first-order chi connectivity index (χ1) is 15.7. The van der Waals surface area contributed by atoms with E-state index in [4.69, 9.17) is 9.47 Å². The molecule has 3 aromatic rings. The van der Waals surface area contributed by atoms with Gasteiger partial charge < -0.3 is 19.4 Å². The molecule has 0 unspecified atom stereocenters. The molecule has 0 saturated carbocycles. The number of nitrogens with one attached hydrogen (secondary N) is 1. The van der Waals surface area contributed by atoms with Crippen LogP contribution in [0.25, 0.3) is 11.1 Å². The number of pyridine rings is 1. The molecule has 0 aliphatic carbocycles. The van der Waals surface area contributed by atoms with Crippen LogP contribution in [0.4, 0.5) is 18.2 Å². The molecule has 1 amide bonds. The van der Waals surface area contributed by atoms with E-state index >= 15 is 0 Å². The highest BCUT2D eigenvalue weighted by Gasteiger charge is 2.34. The molecule has 3 rings (SSSR count). The highest BCUT2D eigenvalue weighted by atomic mass is 32.1. The number of hydrogen-bond donors (Lipinski definition) is 1. The summed E-state index contributed by atoms with van der Waals surface area (Å²) < 4.78 is 49.8. The van der Waals surface area contributed by atoms with Gasteiger partial charge in [0.1, 0.15) is 28.4 Å². The van der Waals surface area contributed by atoms with Gasteiger partial charge in [0.05, 0.1) is 13.7 Å².